The van der Waals surface area contributed by atoms with Crippen molar-refractivity contribution < 1.29 is 18.3 Å². The van der Waals surface area contributed by atoms with Gasteiger partial charge in [0.2, 0.25) is 0 Å². The van der Waals surface area contributed by atoms with Gasteiger partial charge in [-0.25, -0.2) is 8.78 Å². The molecule has 0 heterocycles. The van der Waals surface area contributed by atoms with E-state index in [0.29, 0.717) is 16.9 Å². The third kappa shape index (κ3) is 3.66. The van der Waals surface area contributed by atoms with Gasteiger partial charge in [-0.3, -0.25) is 0 Å². The van der Waals surface area contributed by atoms with Crippen LogP contribution in [0.25, 0.3) is 0 Å². The average Bonchev–Trinajstić information content (AvgIpc) is 2.47. The highest BCUT2D eigenvalue weighted by atomic mass is 32.1. The van der Waals surface area contributed by atoms with E-state index in [4.69, 9.17) is 27.4 Å². The second-order valence-electron chi connectivity index (χ2n) is 4.25. The van der Waals surface area contributed by atoms with Crippen molar-refractivity contribution in [1.29, 1.82) is 0 Å². The van der Waals surface area contributed by atoms with Gasteiger partial charge in [0.1, 0.15) is 23.2 Å². The third-order valence-electron chi connectivity index (χ3n) is 2.84. The monoisotopic (exact) mass is 309 g/mol. The maximum atomic E-state index is 13.5. The summed E-state index contributed by atoms with van der Waals surface area (Å²) in [5.41, 5.74) is 6.84. The van der Waals surface area contributed by atoms with E-state index < -0.39 is 11.6 Å². The van der Waals surface area contributed by atoms with E-state index in [-0.39, 0.29) is 17.3 Å². The Labute approximate surface area is 126 Å². The molecule has 2 N–H and O–H groups in total. The maximum Gasteiger partial charge on any atom is 0.165 e. The Kier molecular flexibility index (Phi) is 4.70. The number of nitrogens with two attached hydrogens (primary N) is 1. The van der Waals surface area contributed by atoms with Crippen LogP contribution in [0.15, 0.2) is 36.4 Å². The number of hydrogen-bond acceptors (Lipinski definition) is 3. The Balaban J connectivity index is 2.24. The first kappa shape index (κ1) is 15.2. The lowest BCUT2D eigenvalue weighted by Gasteiger charge is -2.12. The van der Waals surface area contributed by atoms with Crippen LogP contribution >= 0.6 is 12.2 Å². The molecule has 0 bridgehead atoms. The molecule has 2 rings (SSSR count). The lowest BCUT2D eigenvalue weighted by molar-refractivity contribution is 0.281. The zero-order chi connectivity index (χ0) is 15.4. The summed E-state index contributed by atoms with van der Waals surface area (Å²) in [6.07, 6.45) is 0. The molecule has 0 atom stereocenters. The minimum absolute atomic E-state index is 0. The number of methoxy groups -OCH3 is 1. The van der Waals surface area contributed by atoms with Crippen LogP contribution in [0.4, 0.5) is 8.78 Å². The molecule has 21 heavy (non-hydrogen) atoms. The summed E-state index contributed by atoms with van der Waals surface area (Å²) in [5.74, 6) is -0.833. The van der Waals surface area contributed by atoms with Crippen LogP contribution in [0.1, 0.15) is 11.1 Å². The highest BCUT2D eigenvalue weighted by Crippen LogP contribution is 2.24. The third-order valence-corrected chi connectivity index (χ3v) is 3.08. The molecule has 0 saturated heterocycles. The normalized spacial score (nSPS) is 10.2. The van der Waals surface area contributed by atoms with Crippen LogP contribution < -0.4 is 15.2 Å². The van der Waals surface area contributed by atoms with Crippen molar-refractivity contribution >= 4 is 17.2 Å². The van der Waals surface area contributed by atoms with Gasteiger partial charge in [-0.1, -0.05) is 12.2 Å². The highest BCUT2D eigenvalue weighted by Gasteiger charge is 2.10. The SMILES string of the molecule is COc1ccc(C(N)=S)cc1COc1cc(F)ccc1F. The van der Waals surface area contributed by atoms with Crippen molar-refractivity contribution in [3.05, 3.63) is 59.2 Å². The van der Waals surface area contributed by atoms with Crippen molar-refractivity contribution in [3.63, 3.8) is 0 Å². The van der Waals surface area contributed by atoms with E-state index in [9.17, 15) is 8.78 Å². The predicted molar refractivity (Wildman–Crippen MR) is 79.6 cm³/mol. The zero-order valence-electron chi connectivity index (χ0n) is 11.2. The molecule has 0 aliphatic carbocycles. The number of rotatable bonds is 5. The Morgan fingerprint density at radius 2 is 1.90 bits per heavy atom. The molecule has 0 aliphatic rings. The Bertz CT molecular complexity index is 677. The molecular weight excluding hydrogens is 296 g/mol. The predicted octanol–water partition coefficient (Wildman–Crippen LogP) is 3.19. The minimum atomic E-state index is -0.638. The Morgan fingerprint density at radius 3 is 2.57 bits per heavy atom. The summed E-state index contributed by atoms with van der Waals surface area (Å²) in [6.45, 7) is 0. The summed E-state index contributed by atoms with van der Waals surface area (Å²) >= 11 is 4.90. The van der Waals surface area contributed by atoms with Crippen molar-refractivity contribution in [2.45, 2.75) is 6.61 Å². The fourth-order valence-electron chi connectivity index (χ4n) is 1.79. The summed E-state index contributed by atoms with van der Waals surface area (Å²) in [5, 5.41) is 0. The Morgan fingerprint density at radius 1 is 1.14 bits per heavy atom. The van der Waals surface area contributed by atoms with Gasteiger partial charge in [-0.15, -0.1) is 0 Å². The van der Waals surface area contributed by atoms with E-state index in [1.54, 1.807) is 18.2 Å². The molecule has 0 unspecified atom stereocenters. The fourth-order valence-corrected chi connectivity index (χ4v) is 1.91. The van der Waals surface area contributed by atoms with Gasteiger partial charge in [0, 0.05) is 17.2 Å². The van der Waals surface area contributed by atoms with Crippen LogP contribution in [-0.4, -0.2) is 12.1 Å². The summed E-state index contributed by atoms with van der Waals surface area (Å²) in [6, 6.07) is 8.11. The topological polar surface area (TPSA) is 44.5 Å². The van der Waals surface area contributed by atoms with E-state index >= 15 is 0 Å². The molecule has 110 valence electrons. The van der Waals surface area contributed by atoms with Gasteiger partial charge >= 0.3 is 0 Å². The molecule has 0 spiro atoms. The molecule has 0 fully saturated rings. The second-order valence-corrected chi connectivity index (χ2v) is 4.69. The first-order valence-electron chi connectivity index (χ1n) is 6.06. The van der Waals surface area contributed by atoms with Crippen molar-refractivity contribution in [1.82, 2.24) is 0 Å². The van der Waals surface area contributed by atoms with Crippen molar-refractivity contribution in [2.24, 2.45) is 5.73 Å². The average molecular weight is 309 g/mol. The molecule has 0 radical (unpaired) electrons. The van der Waals surface area contributed by atoms with Gasteiger partial charge in [0.05, 0.1) is 7.11 Å². The fraction of sp³-hybridized carbons (Fsp3) is 0.133. The molecule has 0 amide bonds. The van der Waals surface area contributed by atoms with Crippen molar-refractivity contribution in [2.75, 3.05) is 7.11 Å². The van der Waals surface area contributed by atoms with Gasteiger partial charge in [-0.2, -0.15) is 0 Å². The van der Waals surface area contributed by atoms with E-state index in [1.807, 2.05) is 0 Å². The number of benzene rings is 2. The Hall–Kier alpha value is -2.21. The quantitative estimate of drug-likeness (QED) is 0.862. The highest BCUT2D eigenvalue weighted by molar-refractivity contribution is 7.80. The number of ether oxygens (including phenoxy) is 2. The molecule has 6 heteroatoms. The summed E-state index contributed by atoms with van der Waals surface area (Å²) in [4.78, 5) is 0.232. The molecule has 2 aromatic rings. The van der Waals surface area contributed by atoms with Crippen LogP contribution in [-0.2, 0) is 6.61 Å². The van der Waals surface area contributed by atoms with E-state index in [0.717, 1.165) is 18.2 Å². The van der Waals surface area contributed by atoms with Gasteiger partial charge in [0.15, 0.2) is 11.6 Å². The number of hydrogen-bond donors (Lipinski definition) is 1. The van der Waals surface area contributed by atoms with Crippen LogP contribution in [0.5, 0.6) is 11.5 Å². The number of halogens is 2. The zero-order valence-corrected chi connectivity index (χ0v) is 12.0. The van der Waals surface area contributed by atoms with Crippen LogP contribution in [0.2, 0.25) is 0 Å². The first-order chi connectivity index (χ1) is 10.0. The second kappa shape index (κ2) is 6.49. The van der Waals surface area contributed by atoms with E-state index in [2.05, 4.69) is 0 Å². The van der Waals surface area contributed by atoms with Gasteiger partial charge < -0.3 is 15.2 Å². The maximum absolute atomic E-state index is 13.5. The van der Waals surface area contributed by atoms with Crippen molar-refractivity contribution in [3.8, 4) is 11.5 Å². The van der Waals surface area contributed by atoms with Crippen LogP contribution in [0, 0.1) is 11.6 Å². The summed E-state index contributed by atoms with van der Waals surface area (Å²) < 4.78 is 37.1. The minimum Gasteiger partial charge on any atom is -0.496 e. The van der Waals surface area contributed by atoms with Gasteiger partial charge in [0.25, 0.3) is 0 Å². The largest absolute Gasteiger partial charge is 0.496 e. The van der Waals surface area contributed by atoms with Crippen LogP contribution in [0.3, 0.4) is 0 Å². The lowest BCUT2D eigenvalue weighted by atomic mass is 10.1. The molecule has 2 aromatic carbocycles. The summed E-state index contributed by atoms with van der Waals surface area (Å²) in [7, 11) is 1.50. The smallest absolute Gasteiger partial charge is 0.165 e. The number of thiocarbonyl (C=S) groups is 1. The molecule has 0 aliphatic heterocycles. The first-order valence-corrected chi connectivity index (χ1v) is 6.46. The molecular formula is C15H13F2NO2S. The molecule has 0 aromatic heterocycles. The van der Waals surface area contributed by atoms with E-state index in [1.165, 1.54) is 7.11 Å². The standard InChI is InChI=1S/C15H13F2NO2S/c1-19-13-5-2-9(15(18)21)6-10(13)8-20-14-7-11(16)3-4-12(14)17/h2-7H,8H2,1H3,(H2,18,21). The molecule has 3 nitrogen and oxygen atoms in total. The molecule has 0 saturated carbocycles. The van der Waals surface area contributed by atoms with Gasteiger partial charge in [-0.05, 0) is 30.3 Å². The lowest BCUT2D eigenvalue weighted by Crippen LogP contribution is -2.10.